The summed E-state index contributed by atoms with van der Waals surface area (Å²) >= 11 is 5.77. The van der Waals surface area contributed by atoms with Crippen LogP contribution in [-0.2, 0) is 13.6 Å². The van der Waals surface area contributed by atoms with Gasteiger partial charge in [0.1, 0.15) is 23.6 Å². The van der Waals surface area contributed by atoms with Gasteiger partial charge < -0.3 is 18.1 Å². The molecule has 0 spiro atoms. The molecule has 0 saturated carbocycles. The van der Waals surface area contributed by atoms with E-state index >= 15 is 0 Å². The van der Waals surface area contributed by atoms with Crippen LogP contribution >= 0.6 is 11.6 Å². The number of nitro groups is 1. The van der Waals surface area contributed by atoms with Crippen molar-refractivity contribution in [3.8, 4) is 0 Å². The molecule has 9 nitrogen and oxygen atoms in total. The Kier molecular flexibility index (Phi) is 6.43. The summed E-state index contributed by atoms with van der Waals surface area (Å²) in [5.74, 6) is 0.352. The third kappa shape index (κ3) is 4.78. The molecule has 11 heteroatoms. The molecule has 0 bridgehead atoms. The molecule has 2 heterocycles. The van der Waals surface area contributed by atoms with Gasteiger partial charge in [0.2, 0.25) is 0 Å². The zero-order valence-electron chi connectivity index (χ0n) is 14.2. The molecule has 2 aromatic heterocycles. The molecule has 27 heavy (non-hydrogen) atoms. The van der Waals surface area contributed by atoms with Crippen LogP contribution in [0, 0.1) is 10.1 Å². The summed E-state index contributed by atoms with van der Waals surface area (Å²) in [7, 11) is 1.94. The molecule has 0 aliphatic heterocycles. The van der Waals surface area contributed by atoms with E-state index < -0.39 is 4.92 Å². The van der Waals surface area contributed by atoms with E-state index in [1.165, 1.54) is 24.4 Å². The number of nitro benzene ring substituents is 1. The van der Waals surface area contributed by atoms with Gasteiger partial charge in [-0.25, -0.2) is 9.25 Å². The third-order valence-electron chi connectivity index (χ3n) is 3.64. The van der Waals surface area contributed by atoms with E-state index in [1.54, 1.807) is 4.68 Å². The fourth-order valence-corrected chi connectivity index (χ4v) is 2.40. The molecule has 0 fully saturated rings. The summed E-state index contributed by atoms with van der Waals surface area (Å²) in [6.45, 7) is 0.495. The molecular weight excluding hydrogens is 393 g/mol. The Hall–Kier alpha value is -3.04. The maximum absolute atomic E-state index is 10.9. The Bertz CT molecular complexity index is 987. The number of hydrogen-bond acceptors (Lipinski definition) is 6. The molecule has 0 unspecified atom stereocenters. The Labute approximate surface area is 165 Å². The van der Waals surface area contributed by atoms with Crippen molar-refractivity contribution in [1.29, 1.82) is 0 Å². The van der Waals surface area contributed by atoms with Crippen LogP contribution in [0.15, 0.2) is 59.2 Å². The Balaban J connectivity index is 0.00000261. The molecule has 3 aromatic rings. The largest absolute Gasteiger partial charge is 1.00 e. The van der Waals surface area contributed by atoms with Gasteiger partial charge in [0, 0.05) is 18.2 Å². The van der Waals surface area contributed by atoms with Crippen LogP contribution in [0.4, 0.5) is 22.9 Å². The van der Waals surface area contributed by atoms with Gasteiger partial charge in [-0.05, 0) is 17.7 Å². The van der Waals surface area contributed by atoms with Crippen molar-refractivity contribution >= 4 is 34.5 Å². The Morgan fingerprint density at radius 1 is 1.30 bits per heavy atom. The van der Waals surface area contributed by atoms with Gasteiger partial charge in [-0.2, -0.15) is 10.2 Å². The standard InChI is InChI=1S/C16H15ClN7O2.ClH/c1-22-6-4-11(5-7-22)10-23-16(18)14(9-19-23)21-20-12-2-3-13(17)15(8-12)24(25)26;/h2-9H,10,18H2,1H3;1H/q+1;/p-1. The fraction of sp³-hybridized carbons (Fsp3) is 0.125. The summed E-state index contributed by atoms with van der Waals surface area (Å²) in [5.41, 5.74) is 7.54. The van der Waals surface area contributed by atoms with E-state index in [4.69, 9.17) is 17.3 Å². The number of benzene rings is 1. The summed E-state index contributed by atoms with van der Waals surface area (Å²) < 4.78 is 3.54. The number of aryl methyl sites for hydroxylation is 1. The lowest BCUT2D eigenvalue weighted by Crippen LogP contribution is -3.00. The van der Waals surface area contributed by atoms with Crippen molar-refractivity contribution in [2.45, 2.75) is 6.54 Å². The van der Waals surface area contributed by atoms with Gasteiger partial charge in [-0.15, -0.1) is 5.11 Å². The zero-order valence-corrected chi connectivity index (χ0v) is 15.7. The number of halogens is 2. The predicted octanol–water partition coefficient (Wildman–Crippen LogP) is 0.319. The van der Waals surface area contributed by atoms with Crippen LogP contribution < -0.4 is 22.7 Å². The van der Waals surface area contributed by atoms with Gasteiger partial charge in [0.25, 0.3) is 5.69 Å². The van der Waals surface area contributed by atoms with E-state index in [1.807, 2.05) is 36.1 Å². The van der Waals surface area contributed by atoms with Crippen molar-refractivity contribution in [3.05, 3.63) is 69.6 Å². The predicted molar refractivity (Wildman–Crippen MR) is 95.6 cm³/mol. The molecule has 3 rings (SSSR count). The van der Waals surface area contributed by atoms with Gasteiger partial charge in [-0.1, -0.05) is 11.6 Å². The fourth-order valence-electron chi connectivity index (χ4n) is 2.21. The van der Waals surface area contributed by atoms with Crippen LogP contribution in [0.5, 0.6) is 0 Å². The van der Waals surface area contributed by atoms with Crippen LogP contribution in [0.1, 0.15) is 5.56 Å². The second-order valence-corrected chi connectivity index (χ2v) is 5.94. The quantitative estimate of drug-likeness (QED) is 0.283. The first-order valence-corrected chi connectivity index (χ1v) is 7.93. The number of pyridine rings is 1. The summed E-state index contributed by atoms with van der Waals surface area (Å²) in [6, 6.07) is 8.11. The van der Waals surface area contributed by atoms with Crippen LogP contribution in [-0.4, -0.2) is 14.7 Å². The number of aromatic nitrogens is 3. The number of nitrogen functional groups attached to an aromatic ring is 1. The minimum atomic E-state index is -0.576. The number of nitrogens with two attached hydrogens (primary N) is 1. The van der Waals surface area contributed by atoms with Crippen LogP contribution in [0.25, 0.3) is 0 Å². The summed E-state index contributed by atoms with van der Waals surface area (Å²) in [6.07, 6.45) is 5.36. The smallest absolute Gasteiger partial charge is 0.290 e. The number of azo groups is 1. The van der Waals surface area contributed by atoms with Gasteiger partial charge in [0.15, 0.2) is 12.4 Å². The van der Waals surface area contributed by atoms with Crippen molar-refractivity contribution < 1.29 is 21.9 Å². The summed E-state index contributed by atoms with van der Waals surface area (Å²) in [4.78, 5) is 10.3. The lowest BCUT2D eigenvalue weighted by molar-refractivity contribution is -0.671. The van der Waals surface area contributed by atoms with Crippen LogP contribution in [0.3, 0.4) is 0 Å². The molecule has 0 saturated heterocycles. The highest BCUT2D eigenvalue weighted by Gasteiger charge is 2.13. The summed E-state index contributed by atoms with van der Waals surface area (Å²) in [5, 5.41) is 23.2. The van der Waals surface area contributed by atoms with Gasteiger partial charge in [-0.3, -0.25) is 10.1 Å². The minimum absolute atomic E-state index is 0. The number of anilines is 1. The third-order valence-corrected chi connectivity index (χ3v) is 3.96. The Morgan fingerprint density at radius 3 is 2.67 bits per heavy atom. The Morgan fingerprint density at radius 2 is 2.00 bits per heavy atom. The normalized spacial score (nSPS) is 10.7. The van der Waals surface area contributed by atoms with Gasteiger partial charge >= 0.3 is 0 Å². The van der Waals surface area contributed by atoms with E-state index in [-0.39, 0.29) is 23.1 Å². The lowest BCUT2D eigenvalue weighted by Gasteiger charge is -2.03. The van der Waals surface area contributed by atoms with E-state index in [2.05, 4.69) is 15.3 Å². The van der Waals surface area contributed by atoms with Crippen molar-refractivity contribution in [2.75, 3.05) is 5.73 Å². The first-order valence-electron chi connectivity index (χ1n) is 7.55. The van der Waals surface area contributed by atoms with Crippen molar-refractivity contribution in [2.24, 2.45) is 17.3 Å². The molecule has 0 aliphatic rings. The molecule has 0 radical (unpaired) electrons. The van der Waals surface area contributed by atoms with Crippen LogP contribution in [0.2, 0.25) is 5.02 Å². The molecule has 140 valence electrons. The lowest BCUT2D eigenvalue weighted by atomic mass is 10.3. The number of nitrogens with zero attached hydrogens (tertiary/aromatic N) is 6. The first kappa shape index (κ1) is 20.3. The molecule has 0 amide bonds. The molecule has 0 atom stereocenters. The topological polar surface area (TPSA) is 116 Å². The van der Waals surface area contributed by atoms with Crippen molar-refractivity contribution in [3.63, 3.8) is 0 Å². The molecular formula is C16H15Cl2N7O2. The van der Waals surface area contributed by atoms with E-state index in [9.17, 15) is 10.1 Å². The second kappa shape index (κ2) is 8.56. The highest BCUT2D eigenvalue weighted by molar-refractivity contribution is 6.32. The SMILES string of the molecule is C[n+]1ccc(Cn2ncc(N=Nc3ccc(Cl)c([N+](=O)[O-])c3)c2N)cc1.[Cl-]. The van der Waals surface area contributed by atoms with E-state index in [0.29, 0.717) is 23.7 Å². The zero-order chi connectivity index (χ0) is 18.7. The van der Waals surface area contributed by atoms with Crippen molar-refractivity contribution in [1.82, 2.24) is 9.78 Å². The average Bonchev–Trinajstić information content (AvgIpc) is 2.96. The maximum Gasteiger partial charge on any atom is 0.290 e. The molecule has 0 aliphatic carbocycles. The number of hydrogen-bond donors (Lipinski definition) is 1. The van der Waals surface area contributed by atoms with E-state index in [0.717, 1.165) is 5.56 Å². The molecule has 2 N–H and O–H groups in total. The average molecular weight is 408 g/mol. The minimum Gasteiger partial charge on any atom is -1.00 e. The monoisotopic (exact) mass is 407 g/mol. The highest BCUT2D eigenvalue weighted by Crippen LogP contribution is 2.30. The molecule has 1 aromatic carbocycles. The second-order valence-electron chi connectivity index (χ2n) is 5.54. The first-order chi connectivity index (χ1) is 12.4. The number of rotatable bonds is 5. The maximum atomic E-state index is 10.9. The highest BCUT2D eigenvalue weighted by atomic mass is 35.5. The van der Waals surface area contributed by atoms with Gasteiger partial charge in [0.05, 0.1) is 23.4 Å².